The van der Waals surface area contributed by atoms with Crippen LogP contribution in [0.25, 0.3) is 0 Å². The molecule has 2 aromatic carbocycles. The molecule has 2 N–H and O–H groups in total. The van der Waals surface area contributed by atoms with Crippen molar-refractivity contribution in [1.29, 1.82) is 0 Å². The molecular formula is C15H10Cl3NO4. The fourth-order valence-electron chi connectivity index (χ4n) is 1.66. The van der Waals surface area contributed by atoms with E-state index in [4.69, 9.17) is 39.5 Å². The molecule has 0 fully saturated rings. The van der Waals surface area contributed by atoms with E-state index in [1.165, 1.54) is 30.3 Å². The van der Waals surface area contributed by atoms with Crippen LogP contribution in [0.2, 0.25) is 15.1 Å². The van der Waals surface area contributed by atoms with Crippen molar-refractivity contribution >= 4 is 52.4 Å². The Hall–Kier alpha value is -1.95. The Labute approximate surface area is 146 Å². The molecule has 0 heterocycles. The third-order valence-corrected chi connectivity index (χ3v) is 3.50. The Morgan fingerprint density at radius 1 is 1.04 bits per heavy atom. The minimum atomic E-state index is -0.873. The zero-order valence-corrected chi connectivity index (χ0v) is 13.7. The van der Waals surface area contributed by atoms with Gasteiger partial charge in [-0.2, -0.15) is 0 Å². The monoisotopic (exact) mass is 373 g/mol. The van der Waals surface area contributed by atoms with E-state index in [2.05, 4.69) is 5.32 Å². The normalized spacial score (nSPS) is 10.2. The lowest BCUT2D eigenvalue weighted by atomic mass is 10.2. The van der Waals surface area contributed by atoms with Gasteiger partial charge in [0, 0.05) is 10.0 Å². The van der Waals surface area contributed by atoms with E-state index < -0.39 is 18.5 Å². The highest BCUT2D eigenvalue weighted by atomic mass is 35.5. The first kappa shape index (κ1) is 17.4. The Morgan fingerprint density at radius 2 is 1.70 bits per heavy atom. The highest BCUT2D eigenvalue weighted by Crippen LogP contribution is 2.25. The maximum atomic E-state index is 11.8. The molecule has 0 atom stereocenters. The predicted octanol–water partition coefficient (Wildman–Crippen LogP) is 4.15. The SMILES string of the molecule is O=C(COC(=O)c1cc(Cl)ccc1O)Nc1ccc(Cl)cc1Cl. The van der Waals surface area contributed by atoms with Gasteiger partial charge in [0.15, 0.2) is 6.61 Å². The topological polar surface area (TPSA) is 75.6 Å². The van der Waals surface area contributed by atoms with Crippen molar-refractivity contribution in [2.24, 2.45) is 0 Å². The first-order valence-electron chi connectivity index (χ1n) is 6.27. The Morgan fingerprint density at radius 3 is 2.39 bits per heavy atom. The second-order valence-corrected chi connectivity index (χ2v) is 5.69. The maximum absolute atomic E-state index is 11.8. The van der Waals surface area contributed by atoms with Gasteiger partial charge < -0.3 is 15.2 Å². The Kier molecular flexibility index (Phi) is 5.71. The zero-order chi connectivity index (χ0) is 17.0. The van der Waals surface area contributed by atoms with Gasteiger partial charge in [-0.3, -0.25) is 4.79 Å². The number of halogens is 3. The fraction of sp³-hybridized carbons (Fsp3) is 0.0667. The number of phenolic OH excluding ortho intramolecular Hbond substituents is 1. The van der Waals surface area contributed by atoms with Crippen LogP contribution in [-0.4, -0.2) is 23.6 Å². The third-order valence-electron chi connectivity index (χ3n) is 2.72. The van der Waals surface area contributed by atoms with Crippen LogP contribution in [0.3, 0.4) is 0 Å². The van der Waals surface area contributed by atoms with E-state index in [9.17, 15) is 14.7 Å². The molecule has 0 aromatic heterocycles. The summed E-state index contributed by atoms with van der Waals surface area (Å²) in [5.41, 5.74) is 0.206. The van der Waals surface area contributed by atoms with Crippen LogP contribution < -0.4 is 5.32 Å². The van der Waals surface area contributed by atoms with Gasteiger partial charge in [-0.1, -0.05) is 34.8 Å². The zero-order valence-electron chi connectivity index (χ0n) is 11.5. The van der Waals surface area contributed by atoms with Crippen molar-refractivity contribution < 1.29 is 19.4 Å². The van der Waals surface area contributed by atoms with Crippen molar-refractivity contribution in [3.05, 3.63) is 57.0 Å². The number of hydrogen-bond acceptors (Lipinski definition) is 4. The lowest BCUT2D eigenvalue weighted by Crippen LogP contribution is -2.21. The number of esters is 1. The van der Waals surface area contributed by atoms with Crippen LogP contribution in [0, 0.1) is 0 Å². The summed E-state index contributed by atoms with van der Waals surface area (Å²) in [6, 6.07) is 8.46. The Balaban J connectivity index is 1.96. The average Bonchev–Trinajstić information content (AvgIpc) is 2.50. The number of amides is 1. The van der Waals surface area contributed by atoms with E-state index in [0.717, 1.165) is 0 Å². The van der Waals surface area contributed by atoms with Crippen molar-refractivity contribution in [2.45, 2.75) is 0 Å². The summed E-state index contributed by atoms with van der Waals surface area (Å²) in [6.45, 7) is -0.552. The van der Waals surface area contributed by atoms with Crippen LogP contribution in [0.4, 0.5) is 5.69 Å². The van der Waals surface area contributed by atoms with E-state index in [1.54, 1.807) is 6.07 Å². The molecule has 0 aliphatic heterocycles. The molecule has 0 bridgehead atoms. The smallest absolute Gasteiger partial charge is 0.342 e. The van der Waals surface area contributed by atoms with Gasteiger partial charge in [-0.15, -0.1) is 0 Å². The molecule has 0 saturated carbocycles. The van der Waals surface area contributed by atoms with Gasteiger partial charge in [0.2, 0.25) is 0 Å². The quantitative estimate of drug-likeness (QED) is 0.788. The number of rotatable bonds is 4. The van der Waals surface area contributed by atoms with Crippen molar-refractivity contribution in [2.75, 3.05) is 11.9 Å². The summed E-state index contributed by atoms with van der Waals surface area (Å²) in [5, 5.41) is 13.0. The Bertz CT molecular complexity index is 764. The molecule has 1 amide bonds. The molecule has 0 unspecified atom stereocenters. The lowest BCUT2D eigenvalue weighted by Gasteiger charge is -2.09. The van der Waals surface area contributed by atoms with Crippen molar-refractivity contribution in [3.63, 3.8) is 0 Å². The molecule has 120 valence electrons. The average molecular weight is 375 g/mol. The minimum Gasteiger partial charge on any atom is -0.507 e. The predicted molar refractivity (Wildman–Crippen MR) is 88.5 cm³/mol. The number of ether oxygens (including phenoxy) is 1. The number of carbonyl (C=O) groups is 2. The number of phenols is 1. The number of nitrogens with one attached hydrogen (secondary N) is 1. The van der Waals surface area contributed by atoms with E-state index in [1.807, 2.05) is 0 Å². The van der Waals surface area contributed by atoms with Crippen molar-refractivity contribution in [1.82, 2.24) is 0 Å². The van der Waals surface area contributed by atoms with Gasteiger partial charge in [-0.05, 0) is 36.4 Å². The number of carbonyl (C=O) groups excluding carboxylic acids is 2. The molecule has 0 radical (unpaired) electrons. The van der Waals surface area contributed by atoms with E-state index in [-0.39, 0.29) is 21.4 Å². The summed E-state index contributed by atoms with van der Waals surface area (Å²) in [7, 11) is 0. The van der Waals surface area contributed by atoms with Crippen LogP contribution in [0.5, 0.6) is 5.75 Å². The first-order chi connectivity index (χ1) is 10.9. The molecule has 2 aromatic rings. The van der Waals surface area contributed by atoms with Crippen LogP contribution in [0.15, 0.2) is 36.4 Å². The molecule has 2 rings (SSSR count). The van der Waals surface area contributed by atoms with E-state index in [0.29, 0.717) is 10.7 Å². The fourth-order valence-corrected chi connectivity index (χ4v) is 2.29. The van der Waals surface area contributed by atoms with Crippen LogP contribution >= 0.6 is 34.8 Å². The first-order valence-corrected chi connectivity index (χ1v) is 7.41. The minimum absolute atomic E-state index is 0.130. The molecular weight excluding hydrogens is 365 g/mol. The summed E-state index contributed by atoms with van der Waals surface area (Å²) < 4.78 is 4.82. The third kappa shape index (κ3) is 4.76. The number of hydrogen-bond donors (Lipinski definition) is 2. The second-order valence-electron chi connectivity index (χ2n) is 4.41. The van der Waals surface area contributed by atoms with Gasteiger partial charge in [0.25, 0.3) is 5.91 Å². The highest BCUT2D eigenvalue weighted by Gasteiger charge is 2.15. The van der Waals surface area contributed by atoms with Gasteiger partial charge >= 0.3 is 5.97 Å². The number of anilines is 1. The molecule has 0 aliphatic carbocycles. The number of benzene rings is 2. The molecule has 8 heteroatoms. The van der Waals surface area contributed by atoms with Crippen LogP contribution in [0.1, 0.15) is 10.4 Å². The summed E-state index contributed by atoms with van der Waals surface area (Å²) in [5.74, 6) is -1.76. The van der Waals surface area contributed by atoms with Gasteiger partial charge in [0.1, 0.15) is 11.3 Å². The lowest BCUT2D eigenvalue weighted by molar-refractivity contribution is -0.119. The van der Waals surface area contributed by atoms with Crippen molar-refractivity contribution in [3.8, 4) is 5.75 Å². The largest absolute Gasteiger partial charge is 0.507 e. The summed E-state index contributed by atoms with van der Waals surface area (Å²) in [4.78, 5) is 23.6. The summed E-state index contributed by atoms with van der Waals surface area (Å²) in [6.07, 6.45) is 0. The standard InChI is InChI=1S/C15H10Cl3NO4/c16-8-2-4-13(20)10(5-8)15(22)23-7-14(21)19-12-3-1-9(17)6-11(12)18/h1-6,20H,7H2,(H,19,21). The highest BCUT2D eigenvalue weighted by molar-refractivity contribution is 6.36. The number of aromatic hydroxyl groups is 1. The van der Waals surface area contributed by atoms with E-state index >= 15 is 0 Å². The molecule has 0 saturated heterocycles. The van der Waals surface area contributed by atoms with Crippen LogP contribution in [-0.2, 0) is 9.53 Å². The van der Waals surface area contributed by atoms with Gasteiger partial charge in [-0.25, -0.2) is 4.79 Å². The summed E-state index contributed by atoms with van der Waals surface area (Å²) >= 11 is 17.4. The van der Waals surface area contributed by atoms with Gasteiger partial charge in [0.05, 0.1) is 10.7 Å². The molecule has 23 heavy (non-hydrogen) atoms. The maximum Gasteiger partial charge on any atom is 0.342 e. The second kappa shape index (κ2) is 7.55. The molecule has 0 spiro atoms. The molecule has 0 aliphatic rings. The molecule has 5 nitrogen and oxygen atoms in total.